The van der Waals surface area contributed by atoms with Crippen molar-refractivity contribution in [2.24, 2.45) is 0 Å². The van der Waals surface area contributed by atoms with Gasteiger partial charge in [0.05, 0.1) is 43.8 Å². The molecular formula is C17H22N4O3. The second-order valence-corrected chi connectivity index (χ2v) is 5.83. The average Bonchev–Trinajstić information content (AvgIpc) is 3.10. The maximum absolute atomic E-state index is 12.4. The van der Waals surface area contributed by atoms with Crippen LogP contribution in [0.4, 0.5) is 10.5 Å². The first-order valence-electron chi connectivity index (χ1n) is 8.04. The molecule has 7 nitrogen and oxygen atoms in total. The first kappa shape index (κ1) is 16.5. The summed E-state index contributed by atoms with van der Waals surface area (Å²) in [5.74, 6) is 0. The molecule has 1 aromatic carbocycles. The van der Waals surface area contributed by atoms with E-state index >= 15 is 0 Å². The van der Waals surface area contributed by atoms with E-state index in [9.17, 15) is 9.90 Å². The van der Waals surface area contributed by atoms with E-state index in [1.165, 1.54) is 0 Å². The lowest BCUT2D eigenvalue weighted by molar-refractivity contribution is -0.00485. The zero-order valence-corrected chi connectivity index (χ0v) is 13.6. The van der Waals surface area contributed by atoms with Gasteiger partial charge >= 0.3 is 6.03 Å². The summed E-state index contributed by atoms with van der Waals surface area (Å²) in [4.78, 5) is 14.0. The predicted octanol–water partition coefficient (Wildman–Crippen LogP) is 1.72. The number of aliphatic hydroxyl groups excluding tert-OH is 1. The molecule has 1 aliphatic heterocycles. The van der Waals surface area contributed by atoms with Crippen molar-refractivity contribution in [3.05, 3.63) is 48.3 Å². The van der Waals surface area contributed by atoms with Crippen molar-refractivity contribution in [2.45, 2.75) is 19.0 Å². The molecular weight excluding hydrogens is 308 g/mol. The van der Waals surface area contributed by atoms with Crippen LogP contribution in [-0.4, -0.2) is 58.2 Å². The highest BCUT2D eigenvalue weighted by molar-refractivity contribution is 5.89. The number of urea groups is 1. The van der Waals surface area contributed by atoms with Crippen LogP contribution in [0.25, 0.3) is 0 Å². The summed E-state index contributed by atoms with van der Waals surface area (Å²) < 4.78 is 7.10. The molecule has 7 heteroatoms. The first-order valence-corrected chi connectivity index (χ1v) is 8.04. The van der Waals surface area contributed by atoms with Gasteiger partial charge in [0.15, 0.2) is 0 Å². The second-order valence-electron chi connectivity index (χ2n) is 5.83. The normalized spacial score (nSPS) is 19.1. The van der Waals surface area contributed by atoms with Gasteiger partial charge in [-0.2, -0.15) is 5.10 Å². The number of nitrogens with zero attached hydrogens (tertiary/aromatic N) is 3. The van der Waals surface area contributed by atoms with Crippen LogP contribution in [0.15, 0.2) is 42.7 Å². The Morgan fingerprint density at radius 2 is 2.25 bits per heavy atom. The summed E-state index contributed by atoms with van der Waals surface area (Å²) in [6.07, 6.45) is 3.44. The third-order valence-electron chi connectivity index (χ3n) is 4.23. The number of hydrogen-bond donors (Lipinski definition) is 2. The smallest absolute Gasteiger partial charge is 0.322 e. The summed E-state index contributed by atoms with van der Waals surface area (Å²) in [6, 6.07) is 9.57. The molecule has 128 valence electrons. The monoisotopic (exact) mass is 330 g/mol. The van der Waals surface area contributed by atoms with Crippen LogP contribution in [0.3, 0.4) is 0 Å². The van der Waals surface area contributed by atoms with E-state index in [0.717, 1.165) is 5.56 Å². The summed E-state index contributed by atoms with van der Waals surface area (Å²) in [7, 11) is 0. The quantitative estimate of drug-likeness (QED) is 0.894. The summed E-state index contributed by atoms with van der Waals surface area (Å²) in [5.41, 5.74) is 1.78. The van der Waals surface area contributed by atoms with Gasteiger partial charge in [-0.25, -0.2) is 4.79 Å². The number of rotatable bonds is 4. The van der Waals surface area contributed by atoms with Crippen molar-refractivity contribution in [3.8, 4) is 0 Å². The van der Waals surface area contributed by atoms with Gasteiger partial charge in [0, 0.05) is 12.7 Å². The van der Waals surface area contributed by atoms with Crippen LogP contribution in [0.2, 0.25) is 0 Å². The average molecular weight is 330 g/mol. The molecule has 0 saturated carbocycles. The maximum atomic E-state index is 12.4. The van der Waals surface area contributed by atoms with Crippen LogP contribution in [0.1, 0.15) is 18.5 Å². The lowest BCUT2D eigenvalue weighted by Gasteiger charge is -2.34. The Labute approximate surface area is 140 Å². The number of carbonyl (C=O) groups excluding carboxylic acids is 1. The molecule has 1 saturated heterocycles. The third kappa shape index (κ3) is 3.58. The van der Waals surface area contributed by atoms with E-state index in [0.29, 0.717) is 25.4 Å². The molecule has 2 N–H and O–H groups in total. The van der Waals surface area contributed by atoms with E-state index in [1.807, 2.05) is 41.2 Å². The fraction of sp³-hybridized carbons (Fsp3) is 0.412. The van der Waals surface area contributed by atoms with Gasteiger partial charge in [-0.15, -0.1) is 0 Å². The van der Waals surface area contributed by atoms with Crippen LogP contribution >= 0.6 is 0 Å². The van der Waals surface area contributed by atoms with Gasteiger partial charge in [-0.3, -0.25) is 4.68 Å². The van der Waals surface area contributed by atoms with Gasteiger partial charge in [0.1, 0.15) is 0 Å². The molecule has 0 radical (unpaired) electrons. The zero-order valence-electron chi connectivity index (χ0n) is 13.6. The number of amides is 2. The molecule has 2 aromatic rings. The van der Waals surface area contributed by atoms with E-state index in [2.05, 4.69) is 17.3 Å². The Balaban J connectivity index is 1.66. The van der Waals surface area contributed by atoms with Crippen molar-refractivity contribution in [1.29, 1.82) is 0 Å². The minimum absolute atomic E-state index is 0.0745. The van der Waals surface area contributed by atoms with Crippen molar-refractivity contribution in [3.63, 3.8) is 0 Å². The van der Waals surface area contributed by atoms with Crippen LogP contribution < -0.4 is 5.32 Å². The molecule has 1 fully saturated rings. The van der Waals surface area contributed by atoms with Crippen molar-refractivity contribution in [2.75, 3.05) is 31.7 Å². The Morgan fingerprint density at radius 3 is 3.00 bits per heavy atom. The fourth-order valence-electron chi connectivity index (χ4n) is 2.77. The molecule has 1 unspecified atom stereocenters. The number of benzene rings is 1. The number of morpholine rings is 1. The van der Waals surface area contributed by atoms with Gasteiger partial charge in [-0.1, -0.05) is 30.3 Å². The highest BCUT2D eigenvalue weighted by Crippen LogP contribution is 2.19. The Morgan fingerprint density at radius 1 is 1.46 bits per heavy atom. The zero-order chi connectivity index (χ0) is 16.9. The Bertz CT molecular complexity index is 673. The molecule has 2 atom stereocenters. The number of hydrogen-bond acceptors (Lipinski definition) is 4. The molecule has 0 bridgehead atoms. The summed E-state index contributed by atoms with van der Waals surface area (Å²) in [5, 5.41) is 16.5. The minimum atomic E-state index is -0.308. The first-order chi connectivity index (χ1) is 11.7. The number of aliphatic hydroxyl groups is 1. The van der Waals surface area contributed by atoms with E-state index in [4.69, 9.17) is 4.74 Å². The molecule has 2 heterocycles. The fourth-order valence-corrected chi connectivity index (χ4v) is 2.77. The number of carbonyl (C=O) groups is 1. The minimum Gasteiger partial charge on any atom is -0.394 e. The number of aromatic nitrogens is 2. The summed E-state index contributed by atoms with van der Waals surface area (Å²) in [6.45, 7) is 3.24. The lowest BCUT2D eigenvalue weighted by Crippen LogP contribution is -2.52. The standard InChI is InChI=1S/C17H22N4O3/c1-13(14-5-3-2-4-6-14)21-10-15(9-18-21)19-17(23)20-7-8-24-12-16(20)11-22/h2-6,9-10,13,16,22H,7-8,11-12H2,1H3,(H,19,23)/t13?,16-/m1/s1. The molecule has 24 heavy (non-hydrogen) atoms. The van der Waals surface area contributed by atoms with E-state index < -0.39 is 0 Å². The molecule has 3 rings (SSSR count). The topological polar surface area (TPSA) is 79.6 Å². The lowest BCUT2D eigenvalue weighted by atomic mass is 10.1. The molecule has 0 aliphatic carbocycles. The van der Waals surface area contributed by atoms with Crippen molar-refractivity contribution in [1.82, 2.24) is 14.7 Å². The molecule has 1 aromatic heterocycles. The van der Waals surface area contributed by atoms with Crippen LogP contribution in [0, 0.1) is 0 Å². The molecule has 2 amide bonds. The van der Waals surface area contributed by atoms with Crippen molar-refractivity contribution >= 4 is 11.7 Å². The van der Waals surface area contributed by atoms with Gasteiger partial charge in [0.2, 0.25) is 0 Å². The predicted molar refractivity (Wildman–Crippen MR) is 89.9 cm³/mol. The van der Waals surface area contributed by atoms with E-state index in [1.54, 1.807) is 11.1 Å². The maximum Gasteiger partial charge on any atom is 0.322 e. The van der Waals surface area contributed by atoms with Crippen LogP contribution in [-0.2, 0) is 4.74 Å². The number of ether oxygens (including phenoxy) is 1. The SMILES string of the molecule is CC(c1ccccc1)n1cc(NC(=O)N2CCOC[C@H]2CO)cn1. The highest BCUT2D eigenvalue weighted by atomic mass is 16.5. The van der Waals surface area contributed by atoms with Gasteiger partial charge in [0.25, 0.3) is 0 Å². The second kappa shape index (κ2) is 7.46. The Hall–Kier alpha value is -2.38. The third-order valence-corrected chi connectivity index (χ3v) is 4.23. The largest absolute Gasteiger partial charge is 0.394 e. The Kier molecular flexibility index (Phi) is 5.12. The van der Waals surface area contributed by atoms with Gasteiger partial charge in [-0.05, 0) is 12.5 Å². The number of nitrogens with one attached hydrogen (secondary N) is 1. The van der Waals surface area contributed by atoms with Crippen LogP contribution in [0.5, 0.6) is 0 Å². The van der Waals surface area contributed by atoms with Gasteiger partial charge < -0.3 is 20.1 Å². The van der Waals surface area contributed by atoms with E-state index in [-0.39, 0.29) is 24.7 Å². The number of anilines is 1. The summed E-state index contributed by atoms with van der Waals surface area (Å²) >= 11 is 0. The molecule has 0 spiro atoms. The molecule has 1 aliphatic rings. The van der Waals surface area contributed by atoms with Crippen molar-refractivity contribution < 1.29 is 14.6 Å². The highest BCUT2D eigenvalue weighted by Gasteiger charge is 2.27.